The second-order valence-corrected chi connectivity index (χ2v) is 5.77. The zero-order chi connectivity index (χ0) is 18.5. The van der Waals surface area contributed by atoms with Gasteiger partial charge in [-0.3, -0.25) is 9.59 Å². The van der Waals surface area contributed by atoms with Crippen LogP contribution in [0.4, 0.5) is 5.69 Å². The highest BCUT2D eigenvalue weighted by Crippen LogP contribution is 2.23. The second kappa shape index (κ2) is 7.70. The number of carbonyl (C=O) groups is 1. The van der Waals surface area contributed by atoms with Crippen LogP contribution < -0.4 is 15.5 Å². The van der Waals surface area contributed by atoms with Crippen LogP contribution >= 0.6 is 0 Å². The normalized spacial score (nSPS) is 11.0. The van der Waals surface area contributed by atoms with Gasteiger partial charge in [0.2, 0.25) is 5.91 Å². The van der Waals surface area contributed by atoms with Crippen molar-refractivity contribution in [2.75, 3.05) is 11.9 Å². The molecule has 1 amide bonds. The summed E-state index contributed by atoms with van der Waals surface area (Å²) < 4.78 is 11.0. The minimum atomic E-state index is -0.360. The van der Waals surface area contributed by atoms with Gasteiger partial charge in [-0.15, -0.1) is 0 Å². The molecule has 0 aliphatic rings. The fourth-order valence-corrected chi connectivity index (χ4v) is 2.57. The van der Waals surface area contributed by atoms with E-state index in [1.165, 1.54) is 18.4 Å². The standard InChI is InChI=1S/C21H19NO4/c1-3-25-19-7-5-4-6-17(19)22-20(23)11-9-15-13-26-18-10-8-14(2)12-16(18)21(15)24/h4-13H,3H2,1-2H3,(H,22,23)/b11-9+. The number of ether oxygens (including phenoxy) is 1. The fraction of sp³-hybridized carbons (Fsp3) is 0.143. The van der Waals surface area contributed by atoms with Crippen LogP contribution in [-0.4, -0.2) is 12.5 Å². The predicted molar refractivity (Wildman–Crippen MR) is 102 cm³/mol. The Morgan fingerprint density at radius 2 is 2.04 bits per heavy atom. The van der Waals surface area contributed by atoms with Gasteiger partial charge in [-0.25, -0.2) is 0 Å². The van der Waals surface area contributed by atoms with Crippen molar-refractivity contribution >= 4 is 28.6 Å². The molecule has 0 radical (unpaired) electrons. The number of fused-ring (bicyclic) bond motifs is 1. The van der Waals surface area contributed by atoms with Gasteiger partial charge in [0.05, 0.1) is 23.2 Å². The Kier molecular flexibility index (Phi) is 5.17. The summed E-state index contributed by atoms with van der Waals surface area (Å²) in [5, 5.41) is 3.24. The topological polar surface area (TPSA) is 68.5 Å². The summed E-state index contributed by atoms with van der Waals surface area (Å²) in [5.74, 6) is 0.235. The molecule has 3 aromatic rings. The first-order valence-corrected chi connectivity index (χ1v) is 8.31. The van der Waals surface area contributed by atoms with E-state index in [9.17, 15) is 9.59 Å². The third kappa shape index (κ3) is 3.83. The molecule has 2 aromatic carbocycles. The largest absolute Gasteiger partial charge is 0.492 e. The Bertz CT molecular complexity index is 1030. The Labute approximate surface area is 150 Å². The lowest BCUT2D eigenvalue weighted by Gasteiger charge is -2.09. The summed E-state index contributed by atoms with van der Waals surface area (Å²) in [7, 11) is 0. The van der Waals surface area contributed by atoms with Gasteiger partial charge >= 0.3 is 0 Å². The zero-order valence-corrected chi connectivity index (χ0v) is 14.6. The van der Waals surface area contributed by atoms with Crippen LogP contribution in [0.2, 0.25) is 0 Å². The van der Waals surface area contributed by atoms with Crippen molar-refractivity contribution in [2.45, 2.75) is 13.8 Å². The molecule has 0 unspecified atom stereocenters. The second-order valence-electron chi connectivity index (χ2n) is 5.77. The van der Waals surface area contributed by atoms with E-state index in [0.717, 1.165) is 5.56 Å². The Balaban J connectivity index is 1.82. The van der Waals surface area contributed by atoms with Crippen molar-refractivity contribution in [1.29, 1.82) is 0 Å². The molecule has 26 heavy (non-hydrogen) atoms. The van der Waals surface area contributed by atoms with Crippen LogP contribution in [0.3, 0.4) is 0 Å². The molecule has 1 heterocycles. The molecule has 0 fully saturated rings. The first-order valence-electron chi connectivity index (χ1n) is 8.31. The van der Waals surface area contributed by atoms with Gasteiger partial charge in [0.1, 0.15) is 17.6 Å². The number of amides is 1. The molecule has 0 saturated heterocycles. The molecule has 0 atom stereocenters. The van der Waals surface area contributed by atoms with E-state index >= 15 is 0 Å². The maximum Gasteiger partial charge on any atom is 0.248 e. The first kappa shape index (κ1) is 17.5. The monoisotopic (exact) mass is 349 g/mol. The Hall–Kier alpha value is -3.34. The van der Waals surface area contributed by atoms with E-state index in [1.807, 2.05) is 32.0 Å². The molecular weight excluding hydrogens is 330 g/mol. The number of hydrogen-bond acceptors (Lipinski definition) is 4. The molecular formula is C21H19NO4. The van der Waals surface area contributed by atoms with Crippen molar-refractivity contribution in [1.82, 2.24) is 0 Å². The summed E-state index contributed by atoms with van der Waals surface area (Å²) in [6, 6.07) is 12.6. The van der Waals surface area contributed by atoms with Crippen molar-refractivity contribution in [3.63, 3.8) is 0 Å². The van der Waals surface area contributed by atoms with Crippen molar-refractivity contribution in [3.8, 4) is 5.75 Å². The molecule has 0 saturated carbocycles. The number of anilines is 1. The van der Waals surface area contributed by atoms with Gasteiger partial charge in [-0.05, 0) is 44.2 Å². The smallest absolute Gasteiger partial charge is 0.248 e. The Morgan fingerprint density at radius 3 is 2.85 bits per heavy atom. The molecule has 132 valence electrons. The highest BCUT2D eigenvalue weighted by Gasteiger charge is 2.07. The zero-order valence-electron chi connectivity index (χ0n) is 14.6. The number of para-hydroxylation sites is 2. The van der Waals surface area contributed by atoms with E-state index in [-0.39, 0.29) is 11.3 Å². The average Bonchev–Trinajstić information content (AvgIpc) is 2.63. The van der Waals surface area contributed by atoms with Gasteiger partial charge in [-0.2, -0.15) is 0 Å². The summed E-state index contributed by atoms with van der Waals surface area (Å²) in [4.78, 5) is 24.7. The highest BCUT2D eigenvalue weighted by molar-refractivity contribution is 6.02. The molecule has 0 aliphatic heterocycles. The SMILES string of the molecule is CCOc1ccccc1NC(=O)/C=C/c1coc2ccc(C)cc2c1=O. The molecule has 5 nitrogen and oxygen atoms in total. The van der Waals surface area contributed by atoms with Crippen LogP contribution in [0.5, 0.6) is 5.75 Å². The van der Waals surface area contributed by atoms with E-state index in [0.29, 0.717) is 34.6 Å². The number of nitrogens with one attached hydrogen (secondary N) is 1. The summed E-state index contributed by atoms with van der Waals surface area (Å²) >= 11 is 0. The maximum atomic E-state index is 12.5. The van der Waals surface area contributed by atoms with Gasteiger partial charge in [0.15, 0.2) is 5.43 Å². The van der Waals surface area contributed by atoms with E-state index in [2.05, 4.69) is 5.32 Å². The number of rotatable bonds is 5. The lowest BCUT2D eigenvalue weighted by molar-refractivity contribution is -0.111. The molecule has 1 aromatic heterocycles. The highest BCUT2D eigenvalue weighted by atomic mass is 16.5. The minimum absolute atomic E-state index is 0.172. The van der Waals surface area contributed by atoms with E-state index < -0.39 is 0 Å². The van der Waals surface area contributed by atoms with E-state index in [4.69, 9.17) is 9.15 Å². The van der Waals surface area contributed by atoms with Crippen molar-refractivity contribution in [2.24, 2.45) is 0 Å². The first-order chi connectivity index (χ1) is 12.6. The number of carbonyl (C=O) groups excluding carboxylic acids is 1. The summed E-state index contributed by atoms with van der Waals surface area (Å²) in [6.07, 6.45) is 4.11. The van der Waals surface area contributed by atoms with Crippen LogP contribution in [0.15, 0.2) is 64.0 Å². The van der Waals surface area contributed by atoms with Crippen LogP contribution in [0, 0.1) is 6.92 Å². The fourth-order valence-electron chi connectivity index (χ4n) is 2.57. The van der Waals surface area contributed by atoms with Gasteiger partial charge < -0.3 is 14.5 Å². The number of benzene rings is 2. The van der Waals surface area contributed by atoms with Crippen LogP contribution in [0.1, 0.15) is 18.1 Å². The predicted octanol–water partition coefficient (Wildman–Crippen LogP) is 4.15. The molecule has 5 heteroatoms. The molecule has 0 aliphatic carbocycles. The van der Waals surface area contributed by atoms with Crippen molar-refractivity contribution < 1.29 is 13.9 Å². The summed E-state index contributed by atoms with van der Waals surface area (Å²) in [5.41, 5.74) is 2.21. The quantitative estimate of drug-likeness (QED) is 0.703. The average molecular weight is 349 g/mol. The third-order valence-electron chi connectivity index (χ3n) is 3.81. The molecule has 0 bridgehead atoms. The van der Waals surface area contributed by atoms with Gasteiger partial charge in [0, 0.05) is 6.08 Å². The number of aryl methyl sites for hydroxylation is 1. The van der Waals surface area contributed by atoms with Gasteiger partial charge in [-0.1, -0.05) is 23.8 Å². The number of hydrogen-bond donors (Lipinski definition) is 1. The van der Waals surface area contributed by atoms with Crippen LogP contribution in [0.25, 0.3) is 17.0 Å². The molecule has 0 spiro atoms. The van der Waals surface area contributed by atoms with Gasteiger partial charge in [0.25, 0.3) is 0 Å². The lowest BCUT2D eigenvalue weighted by Crippen LogP contribution is -2.10. The molecule has 1 N–H and O–H groups in total. The Morgan fingerprint density at radius 1 is 1.23 bits per heavy atom. The van der Waals surface area contributed by atoms with Crippen LogP contribution in [-0.2, 0) is 4.79 Å². The minimum Gasteiger partial charge on any atom is -0.492 e. The summed E-state index contributed by atoms with van der Waals surface area (Å²) in [6.45, 7) is 4.28. The molecule has 3 rings (SSSR count). The third-order valence-corrected chi connectivity index (χ3v) is 3.81. The van der Waals surface area contributed by atoms with E-state index in [1.54, 1.807) is 24.3 Å². The lowest BCUT2D eigenvalue weighted by atomic mass is 10.1. The van der Waals surface area contributed by atoms with Crippen molar-refractivity contribution in [3.05, 3.63) is 76.2 Å². The maximum absolute atomic E-state index is 12.5.